The minimum atomic E-state index is -0.813. The van der Waals surface area contributed by atoms with Gasteiger partial charge in [0.2, 0.25) is 0 Å². The van der Waals surface area contributed by atoms with Crippen molar-refractivity contribution >= 4 is 11.6 Å². The van der Waals surface area contributed by atoms with Gasteiger partial charge in [-0.3, -0.25) is 4.99 Å². The molecule has 7 heteroatoms. The Balaban J connectivity index is 1.54. The summed E-state index contributed by atoms with van der Waals surface area (Å²) in [5, 5.41) is 0. The van der Waals surface area contributed by atoms with Gasteiger partial charge in [-0.1, -0.05) is 0 Å². The first-order chi connectivity index (χ1) is 11.1. The smallest absolute Gasteiger partial charge is 0.191 e. The number of hydrogen-bond acceptors (Lipinski definition) is 3. The number of ether oxygens (including phenoxy) is 1. The topological polar surface area (TPSA) is 54.1 Å². The quantitative estimate of drug-likeness (QED) is 0.675. The molecule has 2 N–H and O–H groups in total. The van der Waals surface area contributed by atoms with Gasteiger partial charge in [-0.05, 0) is 24.5 Å². The number of halogens is 2. The number of guanidine groups is 1. The van der Waals surface area contributed by atoms with Gasteiger partial charge in [0.1, 0.15) is 0 Å². The van der Waals surface area contributed by atoms with Crippen LogP contribution in [0.25, 0.3) is 0 Å². The second kappa shape index (κ2) is 7.12. The fourth-order valence-electron chi connectivity index (χ4n) is 3.01. The number of hydrogen-bond donors (Lipinski definition) is 1. The molecule has 1 atom stereocenters. The zero-order chi connectivity index (χ0) is 16.2. The monoisotopic (exact) mass is 324 g/mol. The van der Waals surface area contributed by atoms with Crippen LogP contribution in [0.15, 0.2) is 23.2 Å². The highest BCUT2D eigenvalue weighted by Gasteiger charge is 2.23. The number of aliphatic imine (C=N–C) groups is 1. The Hall–Kier alpha value is -1.89. The molecule has 2 aliphatic rings. The van der Waals surface area contributed by atoms with E-state index in [9.17, 15) is 8.78 Å². The van der Waals surface area contributed by atoms with Crippen LogP contribution in [0.2, 0.25) is 0 Å². The van der Waals surface area contributed by atoms with Crippen molar-refractivity contribution < 1.29 is 13.5 Å². The van der Waals surface area contributed by atoms with E-state index < -0.39 is 11.6 Å². The zero-order valence-corrected chi connectivity index (χ0v) is 13.0. The van der Waals surface area contributed by atoms with Gasteiger partial charge in [0.05, 0.1) is 13.2 Å². The first-order valence-corrected chi connectivity index (χ1v) is 7.96. The molecule has 2 fully saturated rings. The molecule has 2 saturated heterocycles. The molecular weight excluding hydrogens is 302 g/mol. The maximum atomic E-state index is 13.3. The molecule has 2 heterocycles. The molecule has 3 rings (SSSR count). The van der Waals surface area contributed by atoms with Crippen molar-refractivity contribution in [3.8, 4) is 0 Å². The molecule has 126 valence electrons. The summed E-state index contributed by atoms with van der Waals surface area (Å²) in [6.07, 6.45) is 0.971. The van der Waals surface area contributed by atoms with Crippen LogP contribution in [0.3, 0.4) is 0 Å². The van der Waals surface area contributed by atoms with Crippen LogP contribution < -0.4 is 10.6 Å². The van der Waals surface area contributed by atoms with Crippen molar-refractivity contribution in [2.45, 2.75) is 6.42 Å². The van der Waals surface area contributed by atoms with E-state index in [2.05, 4.69) is 9.89 Å². The van der Waals surface area contributed by atoms with Gasteiger partial charge in [-0.15, -0.1) is 0 Å². The lowest BCUT2D eigenvalue weighted by Gasteiger charge is -2.27. The van der Waals surface area contributed by atoms with E-state index in [0.29, 0.717) is 31.6 Å². The van der Waals surface area contributed by atoms with Crippen LogP contribution in [0.1, 0.15) is 6.42 Å². The fraction of sp³-hybridized carbons (Fsp3) is 0.562. The molecule has 0 unspecified atom stereocenters. The van der Waals surface area contributed by atoms with Gasteiger partial charge in [0, 0.05) is 44.5 Å². The predicted molar refractivity (Wildman–Crippen MR) is 85.6 cm³/mol. The third-order valence-corrected chi connectivity index (χ3v) is 4.40. The molecule has 0 spiro atoms. The van der Waals surface area contributed by atoms with E-state index >= 15 is 0 Å². The van der Waals surface area contributed by atoms with Gasteiger partial charge < -0.3 is 20.3 Å². The second-order valence-corrected chi connectivity index (χ2v) is 6.00. The molecule has 1 aromatic rings. The summed E-state index contributed by atoms with van der Waals surface area (Å²) >= 11 is 0. The Bertz CT molecular complexity index is 575. The second-order valence-electron chi connectivity index (χ2n) is 6.00. The number of benzene rings is 1. The summed E-state index contributed by atoms with van der Waals surface area (Å²) in [7, 11) is 0. The summed E-state index contributed by atoms with van der Waals surface area (Å²) < 4.78 is 31.6. The number of nitrogens with two attached hydrogens (primary N) is 1. The Labute approximate surface area is 134 Å². The highest BCUT2D eigenvalue weighted by molar-refractivity contribution is 5.78. The third kappa shape index (κ3) is 3.90. The summed E-state index contributed by atoms with van der Waals surface area (Å²) in [5.41, 5.74) is 6.74. The Kier molecular flexibility index (Phi) is 4.95. The molecule has 0 amide bonds. The van der Waals surface area contributed by atoms with Crippen LogP contribution >= 0.6 is 0 Å². The number of nitrogens with zero attached hydrogens (tertiary/aromatic N) is 3. The Morgan fingerprint density at radius 1 is 1.22 bits per heavy atom. The molecule has 0 aromatic heterocycles. The molecule has 5 nitrogen and oxygen atoms in total. The van der Waals surface area contributed by atoms with E-state index in [1.165, 1.54) is 12.1 Å². The third-order valence-electron chi connectivity index (χ3n) is 4.40. The highest BCUT2D eigenvalue weighted by atomic mass is 19.2. The maximum absolute atomic E-state index is 13.3. The fourth-order valence-corrected chi connectivity index (χ4v) is 3.01. The summed E-state index contributed by atoms with van der Waals surface area (Å²) in [6.45, 7) is 5.19. The van der Waals surface area contributed by atoms with Crippen molar-refractivity contribution in [2.75, 3.05) is 50.8 Å². The van der Waals surface area contributed by atoms with Crippen LogP contribution in [-0.4, -0.2) is 56.8 Å². The molecule has 0 aliphatic carbocycles. The average molecular weight is 324 g/mol. The van der Waals surface area contributed by atoms with Crippen LogP contribution in [0.4, 0.5) is 14.5 Å². The molecule has 23 heavy (non-hydrogen) atoms. The lowest BCUT2D eigenvalue weighted by Crippen LogP contribution is -2.45. The Morgan fingerprint density at radius 3 is 2.74 bits per heavy atom. The van der Waals surface area contributed by atoms with Gasteiger partial charge in [-0.25, -0.2) is 8.78 Å². The SMILES string of the molecule is NC(=NC[C@@H]1CCN(c2ccc(F)c(F)c2)C1)N1CCOCC1. The number of morpholine rings is 1. The normalized spacial score (nSPS) is 22.7. The van der Waals surface area contributed by atoms with Crippen molar-refractivity contribution in [1.82, 2.24) is 4.90 Å². The standard InChI is InChI=1S/C16H22F2N4O/c17-14-2-1-13(9-15(14)18)22-4-3-12(11-22)10-20-16(19)21-5-7-23-8-6-21/h1-2,9,12H,3-8,10-11H2,(H2,19,20)/t12-/m0/s1. The van der Waals surface area contributed by atoms with E-state index in [1.54, 1.807) is 6.07 Å². The number of anilines is 1. The van der Waals surface area contributed by atoms with Crippen molar-refractivity contribution in [3.63, 3.8) is 0 Å². The summed E-state index contributed by atoms with van der Waals surface area (Å²) in [5.74, 6) is -0.671. The van der Waals surface area contributed by atoms with Crippen LogP contribution in [0, 0.1) is 17.6 Å². The first-order valence-electron chi connectivity index (χ1n) is 7.96. The van der Waals surface area contributed by atoms with Gasteiger partial charge in [-0.2, -0.15) is 0 Å². The van der Waals surface area contributed by atoms with Gasteiger partial charge >= 0.3 is 0 Å². The van der Waals surface area contributed by atoms with Crippen molar-refractivity contribution in [2.24, 2.45) is 16.6 Å². The first kappa shape index (κ1) is 16.0. The average Bonchev–Trinajstić information content (AvgIpc) is 3.05. The predicted octanol–water partition coefficient (Wildman–Crippen LogP) is 1.44. The van der Waals surface area contributed by atoms with Crippen molar-refractivity contribution in [3.05, 3.63) is 29.8 Å². The minimum Gasteiger partial charge on any atom is -0.378 e. The Morgan fingerprint density at radius 2 is 2.00 bits per heavy atom. The van der Waals surface area contributed by atoms with Crippen molar-refractivity contribution in [1.29, 1.82) is 0 Å². The molecular formula is C16H22F2N4O. The van der Waals surface area contributed by atoms with Crippen LogP contribution in [-0.2, 0) is 4.74 Å². The molecule has 2 aliphatic heterocycles. The van der Waals surface area contributed by atoms with E-state index in [0.717, 1.165) is 38.3 Å². The van der Waals surface area contributed by atoms with Crippen LogP contribution in [0.5, 0.6) is 0 Å². The largest absolute Gasteiger partial charge is 0.378 e. The van der Waals surface area contributed by atoms with E-state index in [-0.39, 0.29) is 0 Å². The van der Waals surface area contributed by atoms with E-state index in [1.807, 2.05) is 4.90 Å². The highest BCUT2D eigenvalue weighted by Crippen LogP contribution is 2.25. The number of rotatable bonds is 3. The van der Waals surface area contributed by atoms with E-state index in [4.69, 9.17) is 10.5 Å². The molecule has 0 bridgehead atoms. The molecule has 1 aromatic carbocycles. The summed E-state index contributed by atoms with van der Waals surface area (Å²) in [6, 6.07) is 4.04. The molecule has 0 radical (unpaired) electrons. The van der Waals surface area contributed by atoms with Gasteiger partial charge in [0.15, 0.2) is 17.6 Å². The summed E-state index contributed by atoms with van der Waals surface area (Å²) in [4.78, 5) is 8.59. The minimum absolute atomic E-state index is 0.378. The maximum Gasteiger partial charge on any atom is 0.191 e. The van der Waals surface area contributed by atoms with Gasteiger partial charge in [0.25, 0.3) is 0 Å². The molecule has 0 saturated carbocycles. The lowest BCUT2D eigenvalue weighted by molar-refractivity contribution is 0.0674. The zero-order valence-electron chi connectivity index (χ0n) is 13.0. The lowest BCUT2D eigenvalue weighted by atomic mass is 10.1.